The second kappa shape index (κ2) is 8.15. The van der Waals surface area contributed by atoms with Gasteiger partial charge in [-0.2, -0.15) is 0 Å². The highest BCUT2D eigenvalue weighted by molar-refractivity contribution is 6.31. The molecular formula is C17H31ClN4O. The third kappa shape index (κ3) is 4.01. The lowest BCUT2D eigenvalue weighted by molar-refractivity contribution is -0.125. The Hall–Kier alpha value is -0.360. The zero-order valence-electron chi connectivity index (χ0n) is 14.3. The van der Waals surface area contributed by atoms with Crippen molar-refractivity contribution in [3.63, 3.8) is 0 Å². The molecular weight excluding hydrogens is 312 g/mol. The molecule has 3 fully saturated rings. The quantitative estimate of drug-likeness (QED) is 0.761. The number of carbonyl (C=O) groups excluding carboxylic acids is 1. The fourth-order valence-corrected chi connectivity index (χ4v) is 5.02. The predicted octanol–water partition coefficient (Wildman–Crippen LogP) is 1.57. The van der Waals surface area contributed by atoms with Gasteiger partial charge in [0.05, 0.1) is 0 Å². The van der Waals surface area contributed by atoms with Crippen LogP contribution in [0.4, 0.5) is 0 Å². The molecule has 3 aliphatic rings. The normalized spacial score (nSPS) is 33.4. The summed E-state index contributed by atoms with van der Waals surface area (Å²) in [7, 11) is 0. The molecule has 1 saturated carbocycles. The number of carbonyl (C=O) groups is 1. The number of hydrogen-bond acceptors (Lipinski definition) is 4. The summed E-state index contributed by atoms with van der Waals surface area (Å²) in [6.45, 7) is 7.33. The molecule has 2 N–H and O–H groups in total. The molecule has 3 atom stereocenters. The minimum Gasteiger partial charge on any atom is -0.298 e. The summed E-state index contributed by atoms with van der Waals surface area (Å²) in [6.07, 6.45) is 8.34. The van der Waals surface area contributed by atoms with Crippen molar-refractivity contribution < 1.29 is 4.79 Å². The van der Waals surface area contributed by atoms with Gasteiger partial charge in [0.15, 0.2) is 0 Å². The summed E-state index contributed by atoms with van der Waals surface area (Å²) in [4.78, 5) is 16.8. The molecule has 1 amide bonds. The van der Waals surface area contributed by atoms with Crippen molar-refractivity contribution in [3.8, 4) is 0 Å². The third-order valence-corrected chi connectivity index (χ3v) is 6.50. The van der Waals surface area contributed by atoms with Gasteiger partial charge in [0.2, 0.25) is 0 Å². The lowest BCUT2D eigenvalue weighted by Crippen LogP contribution is -2.65. The van der Waals surface area contributed by atoms with Crippen LogP contribution in [0.5, 0.6) is 0 Å². The van der Waals surface area contributed by atoms with Gasteiger partial charge in [-0.15, -0.1) is 11.6 Å². The minimum atomic E-state index is -0.442. The Labute approximate surface area is 145 Å². The van der Waals surface area contributed by atoms with Crippen LogP contribution in [0.2, 0.25) is 0 Å². The highest BCUT2D eigenvalue weighted by Crippen LogP contribution is 2.31. The van der Waals surface area contributed by atoms with E-state index >= 15 is 0 Å². The van der Waals surface area contributed by atoms with Crippen molar-refractivity contribution in [2.24, 2.45) is 5.92 Å². The molecule has 2 heterocycles. The van der Waals surface area contributed by atoms with Crippen LogP contribution in [-0.4, -0.2) is 65.9 Å². The lowest BCUT2D eigenvalue weighted by atomic mass is 9.82. The molecule has 3 rings (SSSR count). The minimum absolute atomic E-state index is 0.0982. The van der Waals surface area contributed by atoms with Gasteiger partial charge in [-0.25, -0.2) is 5.43 Å². The fourth-order valence-electron chi connectivity index (χ4n) is 4.71. The average Bonchev–Trinajstić information content (AvgIpc) is 2.60. The molecule has 2 aliphatic heterocycles. The van der Waals surface area contributed by atoms with Crippen molar-refractivity contribution in [1.29, 1.82) is 0 Å². The molecule has 2 saturated heterocycles. The number of hydrogen-bond donors (Lipinski definition) is 2. The van der Waals surface area contributed by atoms with E-state index in [0.717, 1.165) is 44.7 Å². The Morgan fingerprint density at radius 1 is 1.17 bits per heavy atom. The number of alkyl halides is 1. The standard InChI is InChI=1S/C17H31ClN4O/c1-2-14(13-6-4-3-5-7-13)21-8-10-22(11-9-21)15-12-19-20-17(23)16(15)18/h13-16,19H,2-12H2,1H3,(H,20,23)/t14-,15?,16?/m1/s1. The molecule has 0 radical (unpaired) electrons. The lowest BCUT2D eigenvalue weighted by Gasteiger charge is -2.46. The van der Waals surface area contributed by atoms with Gasteiger partial charge in [0.25, 0.3) is 5.91 Å². The van der Waals surface area contributed by atoms with Crippen LogP contribution in [0.3, 0.4) is 0 Å². The van der Waals surface area contributed by atoms with Crippen LogP contribution in [0.1, 0.15) is 45.4 Å². The number of rotatable bonds is 4. The molecule has 0 aromatic heterocycles. The Morgan fingerprint density at radius 3 is 2.52 bits per heavy atom. The molecule has 0 spiro atoms. The number of piperazine rings is 1. The van der Waals surface area contributed by atoms with Crippen molar-refractivity contribution in [2.45, 2.75) is 62.9 Å². The van der Waals surface area contributed by atoms with Crippen molar-refractivity contribution in [1.82, 2.24) is 20.7 Å². The molecule has 6 heteroatoms. The van der Waals surface area contributed by atoms with Gasteiger partial charge in [-0.3, -0.25) is 20.0 Å². The Morgan fingerprint density at radius 2 is 1.87 bits per heavy atom. The van der Waals surface area contributed by atoms with E-state index in [1.807, 2.05) is 0 Å². The van der Waals surface area contributed by atoms with Crippen molar-refractivity contribution >= 4 is 17.5 Å². The maximum Gasteiger partial charge on any atom is 0.253 e. The number of nitrogens with one attached hydrogen (secondary N) is 2. The van der Waals surface area contributed by atoms with Gasteiger partial charge in [0.1, 0.15) is 5.38 Å². The first-order chi connectivity index (χ1) is 11.2. The van der Waals surface area contributed by atoms with E-state index in [-0.39, 0.29) is 11.9 Å². The van der Waals surface area contributed by atoms with Gasteiger partial charge in [-0.05, 0) is 25.2 Å². The molecule has 23 heavy (non-hydrogen) atoms. The summed E-state index contributed by atoms with van der Waals surface area (Å²) >= 11 is 6.31. The van der Waals surface area contributed by atoms with Gasteiger partial charge in [0, 0.05) is 44.8 Å². The predicted molar refractivity (Wildman–Crippen MR) is 93.4 cm³/mol. The first-order valence-electron chi connectivity index (χ1n) is 9.35. The summed E-state index contributed by atoms with van der Waals surface area (Å²) < 4.78 is 0. The smallest absolute Gasteiger partial charge is 0.253 e. The summed E-state index contributed by atoms with van der Waals surface area (Å²) in [5.74, 6) is 0.794. The van der Waals surface area contributed by atoms with Crippen LogP contribution >= 0.6 is 11.6 Å². The fraction of sp³-hybridized carbons (Fsp3) is 0.941. The summed E-state index contributed by atoms with van der Waals surface area (Å²) in [6, 6.07) is 0.861. The van der Waals surface area contributed by atoms with Gasteiger partial charge < -0.3 is 0 Å². The van der Waals surface area contributed by atoms with Crippen molar-refractivity contribution in [2.75, 3.05) is 32.7 Å². The largest absolute Gasteiger partial charge is 0.298 e. The average molecular weight is 343 g/mol. The van der Waals surface area contributed by atoms with E-state index in [2.05, 4.69) is 27.6 Å². The highest BCUT2D eigenvalue weighted by Gasteiger charge is 2.37. The van der Waals surface area contributed by atoms with E-state index in [1.54, 1.807) is 0 Å². The van der Waals surface area contributed by atoms with E-state index in [9.17, 15) is 4.79 Å². The van der Waals surface area contributed by atoms with Crippen LogP contribution in [-0.2, 0) is 4.79 Å². The topological polar surface area (TPSA) is 47.6 Å². The van der Waals surface area contributed by atoms with Crippen LogP contribution < -0.4 is 10.9 Å². The third-order valence-electron chi connectivity index (χ3n) is 6.01. The van der Waals surface area contributed by atoms with Gasteiger partial charge in [-0.1, -0.05) is 26.2 Å². The van der Waals surface area contributed by atoms with E-state index in [4.69, 9.17) is 11.6 Å². The maximum atomic E-state index is 11.7. The number of amides is 1. The zero-order chi connectivity index (χ0) is 16.2. The summed E-state index contributed by atoms with van der Waals surface area (Å²) in [5.41, 5.74) is 5.59. The SMILES string of the molecule is CC[C@H](C1CCCCC1)N1CCN(C2CNNC(=O)C2Cl)CC1. The molecule has 1 aliphatic carbocycles. The Kier molecular flexibility index (Phi) is 6.19. The second-order valence-corrected chi connectivity index (χ2v) is 7.76. The van der Waals surface area contributed by atoms with E-state index < -0.39 is 5.38 Å². The number of halogens is 1. The van der Waals surface area contributed by atoms with E-state index in [1.165, 1.54) is 38.5 Å². The molecule has 0 bridgehead atoms. The summed E-state index contributed by atoms with van der Waals surface area (Å²) in [5, 5.41) is -0.442. The molecule has 2 unspecified atom stereocenters. The maximum absolute atomic E-state index is 11.7. The Bertz CT molecular complexity index is 394. The van der Waals surface area contributed by atoms with E-state index in [0.29, 0.717) is 0 Å². The molecule has 5 nitrogen and oxygen atoms in total. The number of nitrogens with zero attached hydrogens (tertiary/aromatic N) is 2. The first kappa shape index (κ1) is 17.5. The molecule has 0 aromatic carbocycles. The van der Waals surface area contributed by atoms with Crippen LogP contribution in [0.15, 0.2) is 0 Å². The molecule has 132 valence electrons. The highest BCUT2D eigenvalue weighted by atomic mass is 35.5. The Balaban J connectivity index is 1.53. The second-order valence-electron chi connectivity index (χ2n) is 7.28. The first-order valence-corrected chi connectivity index (χ1v) is 9.79. The van der Waals surface area contributed by atoms with Crippen molar-refractivity contribution in [3.05, 3.63) is 0 Å². The number of hydrazine groups is 1. The van der Waals surface area contributed by atoms with Crippen LogP contribution in [0.25, 0.3) is 0 Å². The van der Waals surface area contributed by atoms with Crippen LogP contribution in [0, 0.1) is 5.92 Å². The monoisotopic (exact) mass is 342 g/mol. The van der Waals surface area contributed by atoms with Gasteiger partial charge >= 0.3 is 0 Å². The molecule has 0 aromatic rings. The zero-order valence-corrected chi connectivity index (χ0v) is 15.0.